The third-order valence-electron chi connectivity index (χ3n) is 4.37. The highest BCUT2D eigenvalue weighted by atomic mass is 16.6. The summed E-state index contributed by atoms with van der Waals surface area (Å²) in [5.74, 6) is 1.06. The first-order valence-electron chi connectivity index (χ1n) is 9.55. The van der Waals surface area contributed by atoms with Crippen LogP contribution in [0.4, 0.5) is 0 Å². The Hall–Kier alpha value is -3.22. The number of carbonyl (C=O) groups excluding carboxylic acids is 2. The summed E-state index contributed by atoms with van der Waals surface area (Å²) in [6.07, 6.45) is 0. The largest absolute Gasteiger partial charge is 0.486 e. The van der Waals surface area contributed by atoms with E-state index in [4.69, 9.17) is 18.9 Å². The normalized spacial score (nSPS) is 13.5. The minimum absolute atomic E-state index is 0.124. The number of rotatable bonds is 8. The first-order valence-corrected chi connectivity index (χ1v) is 9.55. The van der Waals surface area contributed by atoms with Gasteiger partial charge in [-0.05, 0) is 35.7 Å². The Kier molecular flexibility index (Phi) is 6.94. The fourth-order valence-electron chi connectivity index (χ4n) is 2.95. The minimum atomic E-state index is -0.607. The average molecular weight is 399 g/mol. The molecule has 154 valence electrons. The molecule has 1 aliphatic heterocycles. The van der Waals surface area contributed by atoms with Crippen LogP contribution in [0.15, 0.2) is 48.5 Å². The number of hydrogen-bond acceptors (Lipinski definition) is 6. The van der Waals surface area contributed by atoms with Crippen LogP contribution in [-0.2, 0) is 14.3 Å². The van der Waals surface area contributed by atoms with E-state index in [1.807, 2.05) is 38.1 Å². The van der Waals surface area contributed by atoms with E-state index in [9.17, 15) is 9.59 Å². The molecule has 0 bridgehead atoms. The SMILES string of the molecule is CC(C)[C@@H](NC(=O)COC(=O)COc1ccccc1)c1ccc2c(c1)OCCO2. The van der Waals surface area contributed by atoms with Gasteiger partial charge in [-0.2, -0.15) is 0 Å². The molecule has 29 heavy (non-hydrogen) atoms. The molecular weight excluding hydrogens is 374 g/mol. The van der Waals surface area contributed by atoms with E-state index in [0.29, 0.717) is 30.5 Å². The Morgan fingerprint density at radius 1 is 1.00 bits per heavy atom. The number of para-hydroxylation sites is 1. The first-order chi connectivity index (χ1) is 14.0. The molecule has 0 aromatic heterocycles. The van der Waals surface area contributed by atoms with Crippen molar-refractivity contribution >= 4 is 11.9 Å². The summed E-state index contributed by atoms with van der Waals surface area (Å²) in [7, 11) is 0. The van der Waals surface area contributed by atoms with Crippen molar-refractivity contribution in [1.29, 1.82) is 0 Å². The van der Waals surface area contributed by atoms with Crippen LogP contribution in [0.25, 0.3) is 0 Å². The van der Waals surface area contributed by atoms with Gasteiger partial charge in [0.2, 0.25) is 0 Å². The van der Waals surface area contributed by atoms with Gasteiger partial charge in [0.25, 0.3) is 5.91 Å². The van der Waals surface area contributed by atoms with Crippen molar-refractivity contribution in [3.8, 4) is 17.2 Å². The highest BCUT2D eigenvalue weighted by Gasteiger charge is 2.22. The lowest BCUT2D eigenvalue weighted by atomic mass is 9.95. The van der Waals surface area contributed by atoms with E-state index in [-0.39, 0.29) is 31.1 Å². The Morgan fingerprint density at radius 3 is 2.45 bits per heavy atom. The Morgan fingerprint density at radius 2 is 1.72 bits per heavy atom. The van der Waals surface area contributed by atoms with Crippen LogP contribution in [0.1, 0.15) is 25.5 Å². The quantitative estimate of drug-likeness (QED) is 0.688. The molecule has 2 aromatic rings. The second kappa shape index (κ2) is 9.82. The second-order valence-electron chi connectivity index (χ2n) is 6.95. The summed E-state index contributed by atoms with van der Waals surface area (Å²) in [6, 6.07) is 14.3. The summed E-state index contributed by atoms with van der Waals surface area (Å²) in [6.45, 7) is 4.40. The first kappa shape index (κ1) is 20.5. The van der Waals surface area contributed by atoms with Gasteiger partial charge >= 0.3 is 5.97 Å². The van der Waals surface area contributed by atoms with Crippen molar-refractivity contribution in [2.75, 3.05) is 26.4 Å². The van der Waals surface area contributed by atoms with Crippen LogP contribution >= 0.6 is 0 Å². The number of esters is 1. The molecule has 7 nitrogen and oxygen atoms in total. The molecule has 0 radical (unpaired) electrons. The number of carbonyl (C=O) groups is 2. The van der Waals surface area contributed by atoms with Crippen molar-refractivity contribution in [2.24, 2.45) is 5.92 Å². The van der Waals surface area contributed by atoms with Crippen LogP contribution in [0.2, 0.25) is 0 Å². The molecule has 1 N–H and O–H groups in total. The molecule has 0 fully saturated rings. The number of ether oxygens (including phenoxy) is 4. The third-order valence-corrected chi connectivity index (χ3v) is 4.37. The number of amides is 1. The predicted octanol–water partition coefficient (Wildman–Crippen LogP) is 2.89. The second-order valence-corrected chi connectivity index (χ2v) is 6.95. The lowest BCUT2D eigenvalue weighted by molar-refractivity contribution is -0.150. The molecule has 7 heteroatoms. The highest BCUT2D eigenvalue weighted by Crippen LogP contribution is 2.34. The molecule has 1 aliphatic rings. The van der Waals surface area contributed by atoms with Crippen molar-refractivity contribution in [2.45, 2.75) is 19.9 Å². The van der Waals surface area contributed by atoms with Crippen molar-refractivity contribution in [1.82, 2.24) is 5.32 Å². The molecule has 1 amide bonds. The summed E-state index contributed by atoms with van der Waals surface area (Å²) < 4.78 is 21.5. The minimum Gasteiger partial charge on any atom is -0.486 e. The van der Waals surface area contributed by atoms with Gasteiger partial charge in [-0.25, -0.2) is 4.79 Å². The summed E-state index contributed by atoms with van der Waals surface area (Å²) in [5.41, 5.74) is 0.899. The average Bonchev–Trinajstić information content (AvgIpc) is 2.74. The molecular formula is C22H25NO6. The van der Waals surface area contributed by atoms with Gasteiger partial charge in [0.15, 0.2) is 24.7 Å². The molecule has 2 aromatic carbocycles. The molecule has 0 unspecified atom stereocenters. The van der Waals surface area contributed by atoms with E-state index in [2.05, 4.69) is 5.32 Å². The zero-order valence-electron chi connectivity index (χ0n) is 16.6. The molecule has 0 saturated heterocycles. The summed E-state index contributed by atoms with van der Waals surface area (Å²) >= 11 is 0. The van der Waals surface area contributed by atoms with E-state index >= 15 is 0 Å². The van der Waals surface area contributed by atoms with Gasteiger partial charge in [-0.3, -0.25) is 4.79 Å². The number of hydrogen-bond donors (Lipinski definition) is 1. The Bertz CT molecular complexity index is 836. The van der Waals surface area contributed by atoms with Crippen molar-refractivity contribution in [3.63, 3.8) is 0 Å². The predicted molar refractivity (Wildman–Crippen MR) is 106 cm³/mol. The molecule has 1 atom stereocenters. The van der Waals surface area contributed by atoms with Gasteiger partial charge in [0.1, 0.15) is 19.0 Å². The monoisotopic (exact) mass is 399 g/mol. The van der Waals surface area contributed by atoms with E-state index in [1.54, 1.807) is 24.3 Å². The van der Waals surface area contributed by atoms with Crippen LogP contribution in [-0.4, -0.2) is 38.3 Å². The molecule has 3 rings (SSSR count). The van der Waals surface area contributed by atoms with E-state index < -0.39 is 5.97 Å². The molecule has 0 spiro atoms. The van der Waals surface area contributed by atoms with Crippen LogP contribution in [0, 0.1) is 5.92 Å². The van der Waals surface area contributed by atoms with Crippen molar-refractivity contribution < 1.29 is 28.5 Å². The highest BCUT2D eigenvalue weighted by molar-refractivity contribution is 5.81. The van der Waals surface area contributed by atoms with Gasteiger partial charge in [-0.15, -0.1) is 0 Å². The van der Waals surface area contributed by atoms with E-state index in [1.165, 1.54) is 0 Å². The lowest BCUT2D eigenvalue weighted by Gasteiger charge is -2.25. The summed E-state index contributed by atoms with van der Waals surface area (Å²) in [5, 5.41) is 2.92. The maximum absolute atomic E-state index is 12.3. The number of benzene rings is 2. The van der Waals surface area contributed by atoms with Gasteiger partial charge in [-0.1, -0.05) is 38.1 Å². The Labute approximate surface area is 169 Å². The fourth-order valence-corrected chi connectivity index (χ4v) is 2.95. The van der Waals surface area contributed by atoms with E-state index in [0.717, 1.165) is 5.56 Å². The van der Waals surface area contributed by atoms with Gasteiger partial charge in [0, 0.05) is 0 Å². The maximum atomic E-state index is 12.3. The van der Waals surface area contributed by atoms with Gasteiger partial charge < -0.3 is 24.3 Å². The van der Waals surface area contributed by atoms with Crippen LogP contribution in [0.3, 0.4) is 0 Å². The van der Waals surface area contributed by atoms with Crippen LogP contribution < -0.4 is 19.5 Å². The fraction of sp³-hybridized carbons (Fsp3) is 0.364. The van der Waals surface area contributed by atoms with Crippen molar-refractivity contribution in [3.05, 3.63) is 54.1 Å². The smallest absolute Gasteiger partial charge is 0.344 e. The maximum Gasteiger partial charge on any atom is 0.344 e. The Balaban J connectivity index is 1.51. The van der Waals surface area contributed by atoms with Crippen LogP contribution in [0.5, 0.6) is 17.2 Å². The summed E-state index contributed by atoms with van der Waals surface area (Å²) in [4.78, 5) is 24.1. The number of fused-ring (bicyclic) bond motifs is 1. The molecule has 0 aliphatic carbocycles. The van der Waals surface area contributed by atoms with Gasteiger partial charge in [0.05, 0.1) is 6.04 Å². The topological polar surface area (TPSA) is 83.1 Å². The third kappa shape index (κ3) is 5.88. The zero-order chi connectivity index (χ0) is 20.6. The molecule has 1 heterocycles. The lowest BCUT2D eigenvalue weighted by Crippen LogP contribution is -2.35. The standard InChI is InChI=1S/C22H25NO6/c1-15(2)22(16-8-9-18-19(12-16)27-11-10-26-18)23-20(24)13-29-21(25)14-28-17-6-4-3-5-7-17/h3-9,12,15,22H,10-11,13-14H2,1-2H3,(H,23,24)/t22-/m1/s1. The number of nitrogens with one attached hydrogen (secondary N) is 1. The molecule has 0 saturated carbocycles. The zero-order valence-corrected chi connectivity index (χ0v) is 16.6.